The van der Waals surface area contributed by atoms with Gasteiger partial charge in [-0.25, -0.2) is 8.42 Å². The van der Waals surface area contributed by atoms with Gasteiger partial charge in [0.25, 0.3) is 0 Å². The molecule has 0 aliphatic carbocycles. The number of rotatable bonds is 11. The van der Waals surface area contributed by atoms with Crippen molar-refractivity contribution in [1.82, 2.24) is 0 Å². The number of hydrogen-bond donors (Lipinski definition) is 1. The lowest BCUT2D eigenvalue weighted by atomic mass is 9.92. The predicted octanol–water partition coefficient (Wildman–Crippen LogP) is 2.62. The summed E-state index contributed by atoms with van der Waals surface area (Å²) >= 11 is 0. The van der Waals surface area contributed by atoms with E-state index in [2.05, 4.69) is 6.92 Å². The van der Waals surface area contributed by atoms with Crippen LogP contribution < -0.4 is 15.2 Å². The maximum atomic E-state index is 11.8. The van der Waals surface area contributed by atoms with Crippen LogP contribution >= 0.6 is 0 Å². The molecule has 0 heterocycles. The first-order valence-electron chi connectivity index (χ1n) is 8.06. The van der Waals surface area contributed by atoms with E-state index in [0.29, 0.717) is 23.5 Å². The van der Waals surface area contributed by atoms with Gasteiger partial charge >= 0.3 is 0 Å². The van der Waals surface area contributed by atoms with Gasteiger partial charge in [-0.2, -0.15) is 0 Å². The molecular weight excluding hydrogens is 330 g/mol. The van der Waals surface area contributed by atoms with Crippen molar-refractivity contribution in [2.75, 3.05) is 19.3 Å². The number of sulfone groups is 1. The van der Waals surface area contributed by atoms with Gasteiger partial charge in [-0.05, 0) is 24.1 Å². The molecule has 136 valence electrons. The first-order valence-corrected chi connectivity index (χ1v) is 10.1. The number of primary amides is 1. The largest absolute Gasteiger partial charge is 0.493 e. The Bertz CT molecular complexity index is 642. The lowest BCUT2D eigenvalue weighted by Crippen LogP contribution is -2.21. The second-order valence-corrected chi connectivity index (χ2v) is 7.99. The average Bonchev–Trinajstić information content (AvgIpc) is 2.51. The molecule has 1 aromatic rings. The Balaban J connectivity index is 2.96. The highest BCUT2D eigenvalue weighted by atomic mass is 32.2. The van der Waals surface area contributed by atoms with Gasteiger partial charge in [0.15, 0.2) is 27.3 Å². The molecular formula is C17H27NO5S. The highest BCUT2D eigenvalue weighted by Crippen LogP contribution is 2.33. The van der Waals surface area contributed by atoms with Gasteiger partial charge in [0.1, 0.15) is 0 Å². The lowest BCUT2D eigenvalue weighted by molar-refractivity contribution is -0.119. The summed E-state index contributed by atoms with van der Waals surface area (Å²) in [6.07, 6.45) is 5.95. The van der Waals surface area contributed by atoms with Crippen molar-refractivity contribution in [3.05, 3.63) is 23.8 Å². The maximum absolute atomic E-state index is 11.8. The molecule has 2 N–H and O–H groups in total. The molecule has 0 aromatic heterocycles. The van der Waals surface area contributed by atoms with Crippen LogP contribution in [0.5, 0.6) is 11.5 Å². The topological polar surface area (TPSA) is 95.7 Å². The fourth-order valence-electron chi connectivity index (χ4n) is 2.44. The number of amides is 1. The van der Waals surface area contributed by atoms with Gasteiger partial charge in [0, 0.05) is 6.26 Å². The lowest BCUT2D eigenvalue weighted by Gasteiger charge is -2.17. The molecule has 1 unspecified atom stereocenters. The number of unbranched alkanes of at least 4 members (excludes halogenated alkanes) is 3. The van der Waals surface area contributed by atoms with Crippen molar-refractivity contribution in [3.8, 4) is 11.5 Å². The summed E-state index contributed by atoms with van der Waals surface area (Å²) in [5.41, 5.74) is 6.25. The minimum Gasteiger partial charge on any atom is -0.493 e. The van der Waals surface area contributed by atoms with Crippen LogP contribution in [0.4, 0.5) is 0 Å². The molecule has 0 aliphatic heterocycles. The molecule has 0 saturated carbocycles. The first-order chi connectivity index (χ1) is 11.3. The molecule has 0 saturated heterocycles. The molecule has 0 radical (unpaired) electrons. The van der Waals surface area contributed by atoms with E-state index in [9.17, 15) is 13.2 Å². The summed E-state index contributed by atoms with van der Waals surface area (Å²) < 4.78 is 33.1. The van der Waals surface area contributed by atoms with Crippen LogP contribution in [0.1, 0.15) is 50.5 Å². The number of carbonyl (C=O) groups is 1. The molecule has 6 nitrogen and oxygen atoms in total. The summed E-state index contributed by atoms with van der Waals surface area (Å²) in [6, 6.07) is 5.07. The standard InChI is InChI=1S/C17H27NO5S/c1-4-5-6-7-8-14(17(18)19)13-9-10-15(22-2)16(11-13)23-12-24(3,20)21/h9-11,14H,4-8,12H2,1-3H3,(H2,18,19). The zero-order chi connectivity index (χ0) is 18.2. The highest BCUT2D eigenvalue weighted by Gasteiger charge is 2.20. The molecule has 1 aromatic carbocycles. The van der Waals surface area contributed by atoms with E-state index in [4.69, 9.17) is 15.2 Å². The average molecular weight is 357 g/mol. The van der Waals surface area contributed by atoms with E-state index in [-0.39, 0.29) is 0 Å². The SMILES string of the molecule is CCCCCCC(C(N)=O)c1ccc(OC)c(OCS(C)(=O)=O)c1. The van der Waals surface area contributed by atoms with Crippen LogP contribution in [-0.2, 0) is 14.6 Å². The van der Waals surface area contributed by atoms with E-state index in [1.165, 1.54) is 7.11 Å². The Hall–Kier alpha value is -1.76. The van der Waals surface area contributed by atoms with Crippen LogP contribution in [-0.4, -0.2) is 33.6 Å². The fourth-order valence-corrected chi connectivity index (χ4v) is 2.78. The Kier molecular flexibility index (Phi) is 8.04. The number of carbonyl (C=O) groups excluding carboxylic acids is 1. The summed E-state index contributed by atoms with van der Waals surface area (Å²) in [5, 5.41) is 0. The fraction of sp³-hybridized carbons (Fsp3) is 0.588. The maximum Gasteiger partial charge on any atom is 0.224 e. The van der Waals surface area contributed by atoms with Crippen LogP contribution in [0.3, 0.4) is 0 Å². The van der Waals surface area contributed by atoms with E-state index >= 15 is 0 Å². The van der Waals surface area contributed by atoms with E-state index < -0.39 is 27.6 Å². The van der Waals surface area contributed by atoms with Gasteiger partial charge in [-0.15, -0.1) is 0 Å². The van der Waals surface area contributed by atoms with E-state index in [0.717, 1.165) is 31.9 Å². The Morgan fingerprint density at radius 1 is 1.21 bits per heavy atom. The van der Waals surface area contributed by atoms with Gasteiger partial charge in [-0.3, -0.25) is 4.79 Å². The monoisotopic (exact) mass is 357 g/mol. The molecule has 0 fully saturated rings. The molecule has 1 amide bonds. The number of nitrogens with two attached hydrogens (primary N) is 1. The number of ether oxygens (including phenoxy) is 2. The van der Waals surface area contributed by atoms with Crippen molar-refractivity contribution in [3.63, 3.8) is 0 Å². The molecule has 0 spiro atoms. The summed E-state index contributed by atoms with van der Waals surface area (Å²) in [7, 11) is -1.82. The normalized spacial score (nSPS) is 12.6. The van der Waals surface area contributed by atoms with Gasteiger partial charge in [0.2, 0.25) is 5.91 Å². The third kappa shape index (κ3) is 6.78. The summed E-state index contributed by atoms with van der Waals surface area (Å²) in [4.78, 5) is 11.8. The highest BCUT2D eigenvalue weighted by molar-refractivity contribution is 7.90. The summed E-state index contributed by atoms with van der Waals surface area (Å²) in [6.45, 7) is 2.13. The molecule has 1 rings (SSSR count). The minimum absolute atomic E-state index is 0.292. The molecule has 24 heavy (non-hydrogen) atoms. The quantitative estimate of drug-likeness (QED) is 0.614. The van der Waals surface area contributed by atoms with Crippen molar-refractivity contribution in [2.24, 2.45) is 5.73 Å². The van der Waals surface area contributed by atoms with Crippen LogP contribution in [0.15, 0.2) is 18.2 Å². The number of methoxy groups -OCH3 is 1. The second-order valence-electron chi connectivity index (χ2n) is 5.90. The van der Waals surface area contributed by atoms with Gasteiger partial charge in [-0.1, -0.05) is 38.7 Å². The van der Waals surface area contributed by atoms with Crippen LogP contribution in [0, 0.1) is 0 Å². The van der Waals surface area contributed by atoms with E-state index in [1.807, 2.05) is 0 Å². The number of benzene rings is 1. The van der Waals surface area contributed by atoms with Crippen molar-refractivity contribution in [2.45, 2.75) is 44.9 Å². The predicted molar refractivity (Wildman–Crippen MR) is 94.0 cm³/mol. The van der Waals surface area contributed by atoms with Crippen LogP contribution in [0.2, 0.25) is 0 Å². The molecule has 0 bridgehead atoms. The summed E-state index contributed by atoms with van der Waals surface area (Å²) in [5.74, 6) is -0.569. The second kappa shape index (κ2) is 9.52. The van der Waals surface area contributed by atoms with Crippen molar-refractivity contribution >= 4 is 15.7 Å². The third-order valence-corrected chi connectivity index (χ3v) is 4.25. The Morgan fingerprint density at radius 2 is 1.92 bits per heavy atom. The molecule has 7 heteroatoms. The zero-order valence-corrected chi connectivity index (χ0v) is 15.4. The Labute approximate surface area is 144 Å². The molecule has 1 atom stereocenters. The van der Waals surface area contributed by atoms with Crippen LogP contribution in [0.25, 0.3) is 0 Å². The number of hydrogen-bond acceptors (Lipinski definition) is 5. The smallest absolute Gasteiger partial charge is 0.224 e. The minimum atomic E-state index is -3.29. The molecule has 0 aliphatic rings. The van der Waals surface area contributed by atoms with Crippen molar-refractivity contribution in [1.29, 1.82) is 0 Å². The first kappa shape index (κ1) is 20.3. The third-order valence-electron chi connectivity index (χ3n) is 3.71. The Morgan fingerprint density at radius 3 is 2.46 bits per heavy atom. The van der Waals surface area contributed by atoms with Gasteiger partial charge in [0.05, 0.1) is 13.0 Å². The van der Waals surface area contributed by atoms with E-state index in [1.54, 1.807) is 18.2 Å². The van der Waals surface area contributed by atoms with Gasteiger partial charge < -0.3 is 15.2 Å². The zero-order valence-electron chi connectivity index (χ0n) is 14.6. The van der Waals surface area contributed by atoms with Crippen molar-refractivity contribution < 1.29 is 22.7 Å².